The highest BCUT2D eigenvalue weighted by Crippen LogP contribution is 2.26. The van der Waals surface area contributed by atoms with Crippen molar-refractivity contribution in [1.82, 2.24) is 0 Å². The molecule has 3 heteroatoms. The van der Waals surface area contributed by atoms with E-state index >= 15 is 0 Å². The normalized spacial score (nSPS) is 10.3. The van der Waals surface area contributed by atoms with Gasteiger partial charge in [-0.05, 0) is 106 Å². The minimum atomic E-state index is 0.553. The Balaban J connectivity index is 0.000000138. The van der Waals surface area contributed by atoms with Crippen LogP contribution in [-0.2, 0) is 6.61 Å². The van der Waals surface area contributed by atoms with Gasteiger partial charge in [-0.15, -0.1) is 0 Å². The third kappa shape index (κ3) is 11.7. The number of benzene rings is 8. The third-order valence-corrected chi connectivity index (χ3v) is 8.65. The number of ether oxygens (including phenoxy) is 3. The molecule has 0 bridgehead atoms. The van der Waals surface area contributed by atoms with E-state index in [-0.39, 0.29) is 0 Å². The zero-order chi connectivity index (χ0) is 37.2. The van der Waals surface area contributed by atoms with Gasteiger partial charge in [-0.25, -0.2) is 0 Å². The van der Waals surface area contributed by atoms with Crippen molar-refractivity contribution in [2.75, 3.05) is 13.2 Å². The average Bonchev–Trinajstić information content (AvgIpc) is 3.23. The summed E-state index contributed by atoms with van der Waals surface area (Å²) in [6, 6.07) is 70.4. The zero-order valence-corrected chi connectivity index (χ0v) is 31.0. The Morgan fingerprint density at radius 3 is 1.30 bits per heavy atom. The molecule has 8 rings (SSSR count). The summed E-state index contributed by atoms with van der Waals surface area (Å²) in [6.45, 7) is 5.82. The maximum absolute atomic E-state index is 5.80. The van der Waals surface area contributed by atoms with Gasteiger partial charge in [0.25, 0.3) is 0 Å². The molecule has 0 spiro atoms. The van der Waals surface area contributed by atoms with Crippen molar-refractivity contribution in [3.63, 3.8) is 0 Å². The van der Waals surface area contributed by atoms with Gasteiger partial charge in [0.05, 0.1) is 0 Å². The van der Waals surface area contributed by atoms with E-state index in [0.29, 0.717) is 19.8 Å². The first-order valence-corrected chi connectivity index (χ1v) is 18.3. The van der Waals surface area contributed by atoms with Crippen LogP contribution in [0, 0.1) is 13.8 Å². The van der Waals surface area contributed by atoms with Gasteiger partial charge in [0.1, 0.15) is 37.1 Å². The number of hydrogen-bond donors (Lipinski definition) is 0. The average molecular weight is 707 g/mol. The Hall–Kier alpha value is -6.58. The molecule has 0 saturated carbocycles. The van der Waals surface area contributed by atoms with Crippen molar-refractivity contribution in [2.24, 2.45) is 0 Å². The van der Waals surface area contributed by atoms with Crippen molar-refractivity contribution in [3.05, 3.63) is 223 Å². The molecule has 54 heavy (non-hydrogen) atoms. The van der Waals surface area contributed by atoms with Crippen LogP contribution >= 0.6 is 0 Å². The van der Waals surface area contributed by atoms with Crippen LogP contribution in [0.1, 0.15) is 16.7 Å². The lowest BCUT2D eigenvalue weighted by Crippen LogP contribution is -2.09. The highest BCUT2D eigenvalue weighted by molar-refractivity contribution is 5.83. The predicted molar refractivity (Wildman–Crippen MR) is 225 cm³/mol. The summed E-state index contributed by atoms with van der Waals surface area (Å²) in [6.07, 6.45) is 0. The highest BCUT2D eigenvalue weighted by atomic mass is 16.5. The molecule has 0 fully saturated rings. The van der Waals surface area contributed by atoms with Crippen LogP contribution in [0.15, 0.2) is 206 Å². The van der Waals surface area contributed by atoms with Crippen LogP contribution in [0.3, 0.4) is 0 Å². The van der Waals surface area contributed by atoms with Crippen LogP contribution in [0.25, 0.3) is 33.0 Å². The summed E-state index contributed by atoms with van der Waals surface area (Å²) in [7, 11) is 0. The van der Waals surface area contributed by atoms with Gasteiger partial charge in [0.15, 0.2) is 0 Å². The van der Waals surface area contributed by atoms with E-state index in [1.54, 1.807) is 0 Å². The number of fused-ring (bicyclic) bond motifs is 1. The van der Waals surface area contributed by atoms with Crippen molar-refractivity contribution < 1.29 is 14.2 Å². The fraction of sp³-hybridized carbons (Fsp3) is 0.0980. The van der Waals surface area contributed by atoms with Gasteiger partial charge in [-0.1, -0.05) is 164 Å². The van der Waals surface area contributed by atoms with Gasteiger partial charge in [0, 0.05) is 0 Å². The van der Waals surface area contributed by atoms with Gasteiger partial charge in [-0.2, -0.15) is 0 Å². The lowest BCUT2D eigenvalue weighted by Gasteiger charge is -2.09. The lowest BCUT2D eigenvalue weighted by molar-refractivity contribution is 0.217. The molecule has 268 valence electrons. The molecule has 0 radical (unpaired) electrons. The second-order valence-electron chi connectivity index (χ2n) is 12.9. The minimum absolute atomic E-state index is 0.553. The van der Waals surface area contributed by atoms with Crippen molar-refractivity contribution in [2.45, 2.75) is 20.5 Å². The van der Waals surface area contributed by atoms with Crippen LogP contribution in [0.4, 0.5) is 0 Å². The fourth-order valence-electron chi connectivity index (χ4n) is 5.87. The zero-order valence-electron chi connectivity index (χ0n) is 31.0. The molecule has 8 aromatic rings. The first-order chi connectivity index (χ1) is 26.6. The van der Waals surface area contributed by atoms with E-state index in [0.717, 1.165) is 17.2 Å². The van der Waals surface area contributed by atoms with Gasteiger partial charge in [0.2, 0.25) is 0 Å². The molecule has 0 aliphatic rings. The molecule has 0 heterocycles. The summed E-state index contributed by atoms with van der Waals surface area (Å²) < 4.78 is 17.0. The quantitative estimate of drug-likeness (QED) is 0.133. The van der Waals surface area contributed by atoms with Crippen LogP contribution in [0.5, 0.6) is 17.2 Å². The summed E-state index contributed by atoms with van der Waals surface area (Å²) in [5.41, 5.74) is 8.63. The van der Waals surface area contributed by atoms with E-state index in [9.17, 15) is 0 Å². The molecule has 3 nitrogen and oxygen atoms in total. The van der Waals surface area contributed by atoms with E-state index in [4.69, 9.17) is 14.2 Å². The Bertz CT molecular complexity index is 2200. The molecule has 0 aliphatic carbocycles. The summed E-state index contributed by atoms with van der Waals surface area (Å²) in [5.74, 6) is 2.70. The van der Waals surface area contributed by atoms with Crippen molar-refractivity contribution >= 4 is 10.8 Å². The predicted octanol–water partition coefficient (Wildman–Crippen LogP) is 13.2. The van der Waals surface area contributed by atoms with E-state index in [1.807, 2.05) is 84.9 Å². The van der Waals surface area contributed by atoms with E-state index < -0.39 is 0 Å². The Kier molecular flexibility index (Phi) is 13.7. The summed E-state index contributed by atoms with van der Waals surface area (Å²) >= 11 is 0. The van der Waals surface area contributed by atoms with E-state index in [1.165, 1.54) is 49.7 Å². The van der Waals surface area contributed by atoms with Crippen molar-refractivity contribution in [1.29, 1.82) is 0 Å². The molecule has 0 aliphatic heterocycles. The molecule has 0 saturated heterocycles. The van der Waals surface area contributed by atoms with Crippen LogP contribution in [0.2, 0.25) is 0 Å². The Morgan fingerprint density at radius 1 is 0.315 bits per heavy atom. The smallest absolute Gasteiger partial charge is 0.122 e. The lowest BCUT2D eigenvalue weighted by atomic mass is 9.99. The third-order valence-electron chi connectivity index (χ3n) is 8.65. The first kappa shape index (κ1) is 37.2. The maximum atomic E-state index is 5.80. The summed E-state index contributed by atoms with van der Waals surface area (Å²) in [5, 5.41) is 2.45. The maximum Gasteiger partial charge on any atom is 0.122 e. The molecule has 0 atom stereocenters. The monoisotopic (exact) mass is 706 g/mol. The van der Waals surface area contributed by atoms with Gasteiger partial charge < -0.3 is 14.2 Å². The fourth-order valence-corrected chi connectivity index (χ4v) is 5.87. The standard InChI is InChI=1S/C18H14.C17H14O.C16H18O2/c1-3-8-15(9-4-1)17-12-7-13-18(14-17)16-10-5-2-6-11-16;1-2-6-14(7-3-1)13-18-17-11-10-15-8-4-5-9-16(15)12-17;1-13-5-3-7-15(11-13)17-9-10-18-16-8-4-6-14(2)12-16/h1-14H;1-12H,13H2;3-8,11-12H,9-10H2,1-2H3. The SMILES string of the molecule is Cc1cccc(OCCOc2cccc(C)c2)c1.c1ccc(-c2cccc(-c3ccccc3)c2)cc1.c1ccc(COc2ccc3ccccc3c2)cc1. The Morgan fingerprint density at radius 2 is 0.759 bits per heavy atom. The highest BCUT2D eigenvalue weighted by Gasteiger charge is 2.01. The molecular weight excluding hydrogens is 661 g/mol. The summed E-state index contributed by atoms with van der Waals surface area (Å²) in [4.78, 5) is 0. The second-order valence-corrected chi connectivity index (χ2v) is 12.9. The van der Waals surface area contributed by atoms with Gasteiger partial charge in [-0.3, -0.25) is 0 Å². The molecule has 8 aromatic carbocycles. The topological polar surface area (TPSA) is 27.7 Å². The molecule has 0 N–H and O–H groups in total. The molecule has 0 amide bonds. The molecule has 0 aromatic heterocycles. The Labute approximate surface area is 320 Å². The molecular formula is C51H46O3. The number of rotatable bonds is 10. The van der Waals surface area contributed by atoms with Crippen LogP contribution < -0.4 is 14.2 Å². The largest absolute Gasteiger partial charge is 0.490 e. The minimum Gasteiger partial charge on any atom is -0.490 e. The second kappa shape index (κ2) is 19.9. The first-order valence-electron chi connectivity index (χ1n) is 18.3. The number of hydrogen-bond acceptors (Lipinski definition) is 3. The number of aryl methyl sites for hydroxylation is 2. The van der Waals surface area contributed by atoms with Gasteiger partial charge >= 0.3 is 0 Å². The molecule has 0 unspecified atom stereocenters. The van der Waals surface area contributed by atoms with Crippen molar-refractivity contribution in [3.8, 4) is 39.5 Å². The van der Waals surface area contributed by atoms with E-state index in [2.05, 4.69) is 135 Å². The van der Waals surface area contributed by atoms with Crippen LogP contribution in [-0.4, -0.2) is 13.2 Å².